The molecule has 29 heavy (non-hydrogen) atoms. The maximum absolute atomic E-state index is 12.8. The van der Waals surface area contributed by atoms with Crippen molar-refractivity contribution in [3.8, 4) is 0 Å². The Kier molecular flexibility index (Phi) is 6.61. The highest BCUT2D eigenvalue weighted by molar-refractivity contribution is 7.99. The predicted molar refractivity (Wildman–Crippen MR) is 111 cm³/mol. The van der Waals surface area contributed by atoms with E-state index in [4.69, 9.17) is 4.74 Å². The summed E-state index contributed by atoms with van der Waals surface area (Å²) in [5, 5.41) is 3.63. The molecule has 8 heteroatoms. The Balaban J connectivity index is 1.46. The number of carbonyl (C=O) groups is 1. The van der Waals surface area contributed by atoms with Crippen LogP contribution in [0.4, 0.5) is 0 Å². The summed E-state index contributed by atoms with van der Waals surface area (Å²) in [6, 6.07) is 5.71. The van der Waals surface area contributed by atoms with Crippen molar-refractivity contribution in [2.24, 2.45) is 0 Å². The summed E-state index contributed by atoms with van der Waals surface area (Å²) >= 11 is 1.36. The summed E-state index contributed by atoms with van der Waals surface area (Å²) < 4.78 is 7.28. The lowest BCUT2D eigenvalue weighted by Crippen LogP contribution is -2.33. The monoisotopic (exact) mass is 414 g/mol. The van der Waals surface area contributed by atoms with Gasteiger partial charge in [0.15, 0.2) is 0 Å². The van der Waals surface area contributed by atoms with E-state index in [0.717, 1.165) is 62.1 Å². The van der Waals surface area contributed by atoms with Gasteiger partial charge >= 0.3 is 5.69 Å². The van der Waals surface area contributed by atoms with E-state index in [9.17, 15) is 9.59 Å². The highest BCUT2D eigenvalue weighted by Crippen LogP contribution is 2.28. The molecule has 1 N–H and O–H groups in total. The SMILES string of the molecule is O=C(CSc1nc(=O)n(Cc2ccccn2)c2c1CCCC2)NCC1CCCO1. The van der Waals surface area contributed by atoms with E-state index in [1.807, 2.05) is 18.2 Å². The molecule has 4 rings (SSSR count). The molecule has 1 saturated heterocycles. The Morgan fingerprint density at radius 2 is 2.17 bits per heavy atom. The van der Waals surface area contributed by atoms with Gasteiger partial charge in [0.25, 0.3) is 0 Å². The van der Waals surface area contributed by atoms with Crippen molar-refractivity contribution in [3.05, 3.63) is 51.8 Å². The van der Waals surface area contributed by atoms with E-state index in [1.165, 1.54) is 11.8 Å². The maximum atomic E-state index is 12.8. The third-order valence-electron chi connectivity index (χ3n) is 5.39. The molecule has 1 amide bonds. The van der Waals surface area contributed by atoms with Crippen molar-refractivity contribution < 1.29 is 9.53 Å². The molecule has 2 aromatic rings. The van der Waals surface area contributed by atoms with E-state index in [0.29, 0.717) is 18.1 Å². The quantitative estimate of drug-likeness (QED) is 0.551. The number of ether oxygens (including phenoxy) is 1. The molecule has 0 aromatic carbocycles. The van der Waals surface area contributed by atoms with Gasteiger partial charge in [-0.2, -0.15) is 4.98 Å². The first-order chi connectivity index (χ1) is 14.2. The van der Waals surface area contributed by atoms with E-state index >= 15 is 0 Å². The molecule has 0 spiro atoms. The molecule has 1 aliphatic heterocycles. The Bertz CT molecular complexity index is 910. The van der Waals surface area contributed by atoms with Crippen LogP contribution >= 0.6 is 11.8 Å². The second kappa shape index (κ2) is 9.54. The zero-order valence-electron chi connectivity index (χ0n) is 16.4. The Morgan fingerprint density at radius 3 is 2.97 bits per heavy atom. The zero-order chi connectivity index (χ0) is 20.1. The van der Waals surface area contributed by atoms with Crippen LogP contribution in [0.2, 0.25) is 0 Å². The molecule has 2 aliphatic rings. The van der Waals surface area contributed by atoms with Gasteiger partial charge in [0.1, 0.15) is 5.03 Å². The molecule has 0 bridgehead atoms. The number of hydrogen-bond donors (Lipinski definition) is 1. The minimum absolute atomic E-state index is 0.0467. The first kappa shape index (κ1) is 20.1. The maximum Gasteiger partial charge on any atom is 0.349 e. The summed E-state index contributed by atoms with van der Waals surface area (Å²) in [4.78, 5) is 33.7. The van der Waals surface area contributed by atoms with Crippen LogP contribution in [0.15, 0.2) is 34.2 Å². The third kappa shape index (κ3) is 5.05. The van der Waals surface area contributed by atoms with Crippen LogP contribution in [0, 0.1) is 0 Å². The number of fused-ring (bicyclic) bond motifs is 1. The summed E-state index contributed by atoms with van der Waals surface area (Å²) in [5.41, 5.74) is 2.74. The van der Waals surface area contributed by atoms with Gasteiger partial charge in [-0.3, -0.25) is 14.3 Å². The smallest absolute Gasteiger partial charge is 0.349 e. The number of hydrogen-bond acceptors (Lipinski definition) is 6. The van der Waals surface area contributed by atoms with Gasteiger partial charge in [-0.15, -0.1) is 0 Å². The topological polar surface area (TPSA) is 86.1 Å². The molecule has 7 nitrogen and oxygen atoms in total. The van der Waals surface area contributed by atoms with E-state index in [-0.39, 0.29) is 23.5 Å². The summed E-state index contributed by atoms with van der Waals surface area (Å²) in [6.45, 7) is 1.76. The number of pyridine rings is 1. The van der Waals surface area contributed by atoms with Crippen molar-refractivity contribution in [2.75, 3.05) is 18.9 Å². The average Bonchev–Trinajstić information content (AvgIpc) is 3.27. The fourth-order valence-corrected chi connectivity index (χ4v) is 4.81. The lowest BCUT2D eigenvalue weighted by molar-refractivity contribution is -0.119. The summed E-state index contributed by atoms with van der Waals surface area (Å²) in [7, 11) is 0. The molecule has 1 fully saturated rings. The highest BCUT2D eigenvalue weighted by atomic mass is 32.2. The first-order valence-corrected chi connectivity index (χ1v) is 11.2. The van der Waals surface area contributed by atoms with Gasteiger partial charge in [-0.05, 0) is 50.7 Å². The normalized spacial score (nSPS) is 18.4. The number of nitrogens with one attached hydrogen (secondary N) is 1. The van der Waals surface area contributed by atoms with Crippen LogP contribution in [0.25, 0.3) is 0 Å². The number of amides is 1. The lowest BCUT2D eigenvalue weighted by atomic mass is 9.97. The van der Waals surface area contributed by atoms with Crippen molar-refractivity contribution >= 4 is 17.7 Å². The van der Waals surface area contributed by atoms with E-state index in [2.05, 4.69) is 15.3 Å². The summed E-state index contributed by atoms with van der Waals surface area (Å²) in [5.74, 6) is 0.213. The van der Waals surface area contributed by atoms with Crippen LogP contribution in [0.1, 0.15) is 42.6 Å². The van der Waals surface area contributed by atoms with Gasteiger partial charge in [-0.25, -0.2) is 4.79 Å². The van der Waals surface area contributed by atoms with Crippen LogP contribution in [-0.4, -0.2) is 45.5 Å². The molecular weight excluding hydrogens is 388 g/mol. The third-order valence-corrected chi connectivity index (χ3v) is 6.41. The first-order valence-electron chi connectivity index (χ1n) is 10.2. The van der Waals surface area contributed by atoms with Crippen molar-refractivity contribution in [1.29, 1.82) is 0 Å². The molecule has 154 valence electrons. The molecule has 1 unspecified atom stereocenters. The Hall–Kier alpha value is -2.19. The van der Waals surface area contributed by atoms with E-state index in [1.54, 1.807) is 10.8 Å². The Labute approximate surface area is 174 Å². The number of carbonyl (C=O) groups excluding carboxylic acids is 1. The fraction of sp³-hybridized carbons (Fsp3) is 0.524. The molecule has 0 saturated carbocycles. The molecule has 2 aromatic heterocycles. The van der Waals surface area contributed by atoms with Crippen molar-refractivity contribution in [3.63, 3.8) is 0 Å². The van der Waals surface area contributed by atoms with Crippen molar-refractivity contribution in [1.82, 2.24) is 19.9 Å². The molecule has 3 heterocycles. The fourth-order valence-electron chi connectivity index (χ4n) is 3.90. The van der Waals surface area contributed by atoms with Crippen LogP contribution in [-0.2, 0) is 28.9 Å². The molecule has 1 aliphatic carbocycles. The number of aromatic nitrogens is 3. The van der Waals surface area contributed by atoms with Crippen molar-refractivity contribution in [2.45, 2.75) is 56.2 Å². The van der Waals surface area contributed by atoms with E-state index < -0.39 is 0 Å². The van der Waals surface area contributed by atoms with Crippen LogP contribution < -0.4 is 11.0 Å². The number of rotatable bonds is 7. The second-order valence-corrected chi connectivity index (χ2v) is 8.43. The average molecular weight is 415 g/mol. The van der Waals surface area contributed by atoms with Gasteiger partial charge < -0.3 is 10.1 Å². The molecule has 0 radical (unpaired) electrons. The highest BCUT2D eigenvalue weighted by Gasteiger charge is 2.22. The van der Waals surface area contributed by atoms with Crippen LogP contribution in [0.3, 0.4) is 0 Å². The Morgan fingerprint density at radius 1 is 1.28 bits per heavy atom. The van der Waals surface area contributed by atoms with Gasteiger partial charge in [0, 0.05) is 30.6 Å². The van der Waals surface area contributed by atoms with Gasteiger partial charge in [-0.1, -0.05) is 17.8 Å². The predicted octanol–water partition coefficient (Wildman–Crippen LogP) is 1.95. The number of thioether (sulfide) groups is 1. The van der Waals surface area contributed by atoms with Gasteiger partial charge in [0.05, 0.1) is 24.1 Å². The second-order valence-electron chi connectivity index (χ2n) is 7.47. The lowest BCUT2D eigenvalue weighted by Gasteiger charge is -2.22. The summed E-state index contributed by atoms with van der Waals surface area (Å²) in [6.07, 6.45) is 7.81. The van der Waals surface area contributed by atoms with Gasteiger partial charge in [0.2, 0.25) is 5.91 Å². The zero-order valence-corrected chi connectivity index (χ0v) is 17.2. The molecule has 1 atom stereocenters. The van der Waals surface area contributed by atoms with Crippen LogP contribution in [0.5, 0.6) is 0 Å². The minimum Gasteiger partial charge on any atom is -0.376 e. The minimum atomic E-state index is -0.265. The standard InChI is InChI=1S/C21H26N4O3S/c26-19(23-12-16-7-5-11-28-16)14-29-20-17-8-1-2-9-18(17)25(21(27)24-20)13-15-6-3-4-10-22-15/h3-4,6,10,16H,1-2,5,7-9,11-14H2,(H,23,26). The molecular formula is C21H26N4O3S. The number of nitrogens with zero attached hydrogens (tertiary/aromatic N) is 3. The largest absolute Gasteiger partial charge is 0.376 e.